The second-order valence-electron chi connectivity index (χ2n) is 9.61. The fraction of sp³-hybridized carbons (Fsp3) is 0.310. The Kier molecular flexibility index (Phi) is 11.3. The van der Waals surface area contributed by atoms with Crippen molar-refractivity contribution in [2.24, 2.45) is 0 Å². The van der Waals surface area contributed by atoms with E-state index in [2.05, 4.69) is 5.32 Å². The molecule has 3 rings (SSSR count). The van der Waals surface area contributed by atoms with Crippen molar-refractivity contribution in [1.82, 2.24) is 10.2 Å². The van der Waals surface area contributed by atoms with Gasteiger partial charge in [-0.05, 0) is 55.7 Å². The van der Waals surface area contributed by atoms with Crippen molar-refractivity contribution in [3.05, 3.63) is 98.5 Å². The van der Waals surface area contributed by atoms with Gasteiger partial charge in [0.25, 0.3) is 15.7 Å². The van der Waals surface area contributed by atoms with E-state index in [-0.39, 0.29) is 40.3 Å². The summed E-state index contributed by atoms with van der Waals surface area (Å²) in [5, 5.41) is 15.0. The van der Waals surface area contributed by atoms with E-state index < -0.39 is 39.3 Å². The average molecular weight is 636 g/mol. The topological polar surface area (TPSA) is 130 Å². The Hall–Kier alpha value is -3.67. The molecule has 2 amide bonds. The summed E-state index contributed by atoms with van der Waals surface area (Å²) in [6, 6.07) is 16.1. The zero-order chi connectivity index (χ0) is 31.0. The molecular formula is C29H32Cl2N4O6S. The highest BCUT2D eigenvalue weighted by Crippen LogP contribution is 2.28. The van der Waals surface area contributed by atoms with Gasteiger partial charge in [-0.25, -0.2) is 8.42 Å². The van der Waals surface area contributed by atoms with Crippen LogP contribution in [0.1, 0.15) is 39.2 Å². The SMILES string of the molecule is CC[C@H](C(=O)N[C@@H](C)CC)N(Cc1ccc(Cl)c(Cl)c1)C(=O)CN(c1cccc([N+](=O)[O-])c1)S(=O)(=O)c1ccccc1. The minimum absolute atomic E-state index is 0.0731. The molecule has 1 N–H and O–H groups in total. The normalized spacial score (nSPS) is 12.7. The number of rotatable bonds is 13. The molecule has 0 aliphatic heterocycles. The van der Waals surface area contributed by atoms with E-state index in [4.69, 9.17) is 23.2 Å². The molecule has 2 atom stereocenters. The maximum atomic E-state index is 14.1. The second kappa shape index (κ2) is 14.5. The maximum absolute atomic E-state index is 14.1. The Bertz CT molecular complexity index is 1540. The highest BCUT2D eigenvalue weighted by molar-refractivity contribution is 7.92. The molecule has 42 heavy (non-hydrogen) atoms. The Morgan fingerprint density at radius 2 is 1.64 bits per heavy atom. The number of non-ortho nitro benzene ring substituents is 1. The second-order valence-corrected chi connectivity index (χ2v) is 12.3. The van der Waals surface area contributed by atoms with E-state index in [0.717, 1.165) is 10.4 Å². The Labute approximate surface area is 255 Å². The minimum Gasteiger partial charge on any atom is -0.352 e. The van der Waals surface area contributed by atoms with Crippen molar-refractivity contribution < 1.29 is 22.9 Å². The van der Waals surface area contributed by atoms with Crippen LogP contribution in [0.3, 0.4) is 0 Å². The third-order valence-electron chi connectivity index (χ3n) is 6.66. The predicted octanol–water partition coefficient (Wildman–Crippen LogP) is 5.82. The molecule has 13 heteroatoms. The molecule has 3 aromatic rings. The Morgan fingerprint density at radius 1 is 0.952 bits per heavy atom. The molecule has 224 valence electrons. The number of carbonyl (C=O) groups excluding carboxylic acids is 2. The van der Waals surface area contributed by atoms with Gasteiger partial charge in [-0.3, -0.25) is 24.0 Å². The summed E-state index contributed by atoms with van der Waals surface area (Å²) in [6.45, 7) is 4.69. The molecule has 0 heterocycles. The molecule has 0 aliphatic rings. The third kappa shape index (κ3) is 7.99. The van der Waals surface area contributed by atoms with Gasteiger partial charge in [-0.15, -0.1) is 0 Å². The van der Waals surface area contributed by atoms with Gasteiger partial charge in [0.2, 0.25) is 11.8 Å². The van der Waals surface area contributed by atoms with Crippen molar-refractivity contribution in [3.63, 3.8) is 0 Å². The highest BCUT2D eigenvalue weighted by Gasteiger charge is 2.34. The molecule has 0 fully saturated rings. The molecule has 0 aromatic heterocycles. The molecular weight excluding hydrogens is 603 g/mol. The molecule has 3 aromatic carbocycles. The lowest BCUT2D eigenvalue weighted by atomic mass is 10.1. The van der Waals surface area contributed by atoms with Crippen molar-refractivity contribution in [2.75, 3.05) is 10.8 Å². The Balaban J connectivity index is 2.11. The van der Waals surface area contributed by atoms with E-state index in [1.807, 2.05) is 13.8 Å². The number of nitrogens with one attached hydrogen (secondary N) is 1. The van der Waals surface area contributed by atoms with Crippen LogP contribution in [0.4, 0.5) is 11.4 Å². The quantitative estimate of drug-likeness (QED) is 0.186. The standard InChI is InChI=1S/C29H32Cl2N4O6S/c1-4-20(3)32-29(37)27(5-2)33(18-21-14-15-25(30)26(31)16-21)28(36)19-34(22-10-9-11-23(17-22)35(38)39)42(40,41)24-12-7-6-8-13-24/h6-17,20,27H,4-5,18-19H2,1-3H3,(H,32,37)/t20-,27+/m0/s1. The van der Waals surface area contributed by atoms with Gasteiger partial charge >= 0.3 is 0 Å². The van der Waals surface area contributed by atoms with Gasteiger partial charge in [0.05, 0.1) is 25.6 Å². The molecule has 0 radical (unpaired) electrons. The number of sulfonamides is 1. The van der Waals surface area contributed by atoms with Crippen molar-refractivity contribution in [1.29, 1.82) is 0 Å². The van der Waals surface area contributed by atoms with Crippen LogP contribution in [-0.4, -0.2) is 48.7 Å². The fourth-order valence-corrected chi connectivity index (χ4v) is 5.95. The zero-order valence-corrected chi connectivity index (χ0v) is 25.7. The van der Waals surface area contributed by atoms with E-state index in [0.29, 0.717) is 17.0 Å². The van der Waals surface area contributed by atoms with E-state index >= 15 is 0 Å². The summed E-state index contributed by atoms with van der Waals surface area (Å²) in [5.74, 6) is -1.09. The maximum Gasteiger partial charge on any atom is 0.271 e. The number of benzene rings is 3. The van der Waals surface area contributed by atoms with Gasteiger partial charge in [0.1, 0.15) is 12.6 Å². The number of nitro benzene ring substituents is 1. The van der Waals surface area contributed by atoms with Crippen LogP contribution in [0.15, 0.2) is 77.7 Å². The van der Waals surface area contributed by atoms with Crippen molar-refractivity contribution >= 4 is 56.4 Å². The lowest BCUT2D eigenvalue weighted by Crippen LogP contribution is -2.53. The molecule has 10 nitrogen and oxygen atoms in total. The summed E-state index contributed by atoms with van der Waals surface area (Å²) in [6.07, 6.45) is 0.899. The van der Waals surface area contributed by atoms with Crippen molar-refractivity contribution in [2.45, 2.75) is 57.1 Å². The first-order chi connectivity index (χ1) is 19.9. The fourth-order valence-electron chi connectivity index (χ4n) is 4.21. The smallest absolute Gasteiger partial charge is 0.271 e. The lowest BCUT2D eigenvalue weighted by molar-refractivity contribution is -0.384. The van der Waals surface area contributed by atoms with Crippen LogP contribution in [0.2, 0.25) is 10.0 Å². The third-order valence-corrected chi connectivity index (χ3v) is 9.19. The van der Waals surface area contributed by atoms with E-state index in [1.165, 1.54) is 47.4 Å². The number of hydrogen-bond donors (Lipinski definition) is 1. The van der Waals surface area contributed by atoms with Crippen LogP contribution in [0.5, 0.6) is 0 Å². The van der Waals surface area contributed by atoms with Crippen LogP contribution in [0.25, 0.3) is 0 Å². The Morgan fingerprint density at radius 3 is 2.24 bits per heavy atom. The molecule has 0 spiro atoms. The lowest BCUT2D eigenvalue weighted by Gasteiger charge is -2.33. The van der Waals surface area contributed by atoms with Gasteiger partial charge in [-0.2, -0.15) is 0 Å². The van der Waals surface area contributed by atoms with Gasteiger partial charge < -0.3 is 10.2 Å². The number of amides is 2. The highest BCUT2D eigenvalue weighted by atomic mass is 35.5. The summed E-state index contributed by atoms with van der Waals surface area (Å²) in [5.41, 5.74) is 0.147. The first kappa shape index (κ1) is 32.8. The first-order valence-electron chi connectivity index (χ1n) is 13.2. The van der Waals surface area contributed by atoms with E-state index in [9.17, 15) is 28.1 Å². The van der Waals surface area contributed by atoms with Crippen LogP contribution >= 0.6 is 23.2 Å². The predicted molar refractivity (Wildman–Crippen MR) is 163 cm³/mol. The van der Waals surface area contributed by atoms with E-state index in [1.54, 1.807) is 31.2 Å². The van der Waals surface area contributed by atoms with Gasteiger partial charge in [0, 0.05) is 24.7 Å². The number of carbonyl (C=O) groups is 2. The largest absolute Gasteiger partial charge is 0.352 e. The van der Waals surface area contributed by atoms with Crippen LogP contribution in [-0.2, 0) is 26.2 Å². The van der Waals surface area contributed by atoms with Crippen LogP contribution < -0.4 is 9.62 Å². The monoisotopic (exact) mass is 634 g/mol. The molecule has 0 aliphatic carbocycles. The number of nitro groups is 1. The minimum atomic E-state index is -4.36. The first-order valence-corrected chi connectivity index (χ1v) is 15.4. The van der Waals surface area contributed by atoms with Crippen LogP contribution in [0, 0.1) is 10.1 Å². The number of hydrogen-bond acceptors (Lipinski definition) is 6. The summed E-state index contributed by atoms with van der Waals surface area (Å²) < 4.78 is 28.5. The summed E-state index contributed by atoms with van der Waals surface area (Å²) in [7, 11) is -4.36. The van der Waals surface area contributed by atoms with Gasteiger partial charge in [-0.1, -0.05) is 67.4 Å². The zero-order valence-electron chi connectivity index (χ0n) is 23.4. The summed E-state index contributed by atoms with van der Waals surface area (Å²) >= 11 is 12.3. The summed E-state index contributed by atoms with van der Waals surface area (Å²) in [4.78, 5) is 39.4. The molecule has 0 unspecified atom stereocenters. The molecule has 0 saturated carbocycles. The number of halogens is 2. The number of nitrogens with zero attached hydrogens (tertiary/aromatic N) is 3. The van der Waals surface area contributed by atoms with Crippen molar-refractivity contribution in [3.8, 4) is 0 Å². The average Bonchev–Trinajstić information content (AvgIpc) is 2.97. The number of anilines is 1. The molecule has 0 bridgehead atoms. The van der Waals surface area contributed by atoms with Gasteiger partial charge in [0.15, 0.2) is 0 Å². The molecule has 0 saturated heterocycles.